The van der Waals surface area contributed by atoms with Crippen molar-refractivity contribution in [1.29, 1.82) is 0 Å². The molecule has 0 heterocycles. The first kappa shape index (κ1) is 14.0. The first-order valence-electron chi connectivity index (χ1n) is 6.20. The first-order chi connectivity index (χ1) is 7.32. The molecule has 0 bridgehead atoms. The largest absolute Gasteiger partial charge is 0.317 e. The lowest BCUT2D eigenvalue weighted by atomic mass is 10.0. The van der Waals surface area contributed by atoms with Crippen molar-refractivity contribution in [3.8, 4) is 0 Å². The second-order valence-electron chi connectivity index (χ2n) is 5.57. The van der Waals surface area contributed by atoms with Crippen molar-refractivity contribution in [2.24, 2.45) is 11.3 Å². The molecular weight excluding hydrogens is 222 g/mol. The van der Waals surface area contributed by atoms with Gasteiger partial charge in [-0.15, -0.1) is 0 Å². The number of nitrogens with one attached hydrogen (secondary N) is 1. The number of hydrogen-bond donors (Lipinski definition) is 1. The zero-order chi connectivity index (χ0) is 12.4. The lowest BCUT2D eigenvalue weighted by molar-refractivity contribution is 0.404. The van der Waals surface area contributed by atoms with Crippen molar-refractivity contribution >= 4 is 9.84 Å². The summed E-state index contributed by atoms with van der Waals surface area (Å²) in [5.41, 5.74) is 0.456. The molecule has 0 aliphatic heterocycles. The van der Waals surface area contributed by atoms with Gasteiger partial charge in [0.1, 0.15) is 9.84 Å². The molecular formula is C12H25NO2S. The zero-order valence-corrected chi connectivity index (χ0v) is 11.7. The van der Waals surface area contributed by atoms with Gasteiger partial charge in [-0.05, 0) is 37.6 Å². The van der Waals surface area contributed by atoms with Gasteiger partial charge in [0.05, 0.1) is 5.75 Å². The predicted octanol–water partition coefficient (Wildman–Crippen LogP) is 1.84. The Labute approximate surface area is 99.9 Å². The van der Waals surface area contributed by atoms with E-state index in [-0.39, 0.29) is 5.75 Å². The molecule has 1 rings (SSSR count). The summed E-state index contributed by atoms with van der Waals surface area (Å²) in [4.78, 5) is 0. The summed E-state index contributed by atoms with van der Waals surface area (Å²) in [5, 5.41) is 3.33. The van der Waals surface area contributed by atoms with Crippen molar-refractivity contribution < 1.29 is 8.42 Å². The molecule has 2 atom stereocenters. The van der Waals surface area contributed by atoms with Crippen molar-refractivity contribution in [2.75, 3.05) is 18.6 Å². The highest BCUT2D eigenvalue weighted by atomic mass is 32.2. The monoisotopic (exact) mass is 247 g/mol. The van der Waals surface area contributed by atoms with Gasteiger partial charge in [0.15, 0.2) is 0 Å². The molecule has 16 heavy (non-hydrogen) atoms. The van der Waals surface area contributed by atoms with Crippen LogP contribution < -0.4 is 5.32 Å². The molecule has 0 aromatic rings. The van der Waals surface area contributed by atoms with Crippen LogP contribution in [0.3, 0.4) is 0 Å². The van der Waals surface area contributed by atoms with Crippen molar-refractivity contribution in [3.63, 3.8) is 0 Å². The van der Waals surface area contributed by atoms with E-state index in [0.29, 0.717) is 17.2 Å². The maximum atomic E-state index is 11.4. The molecule has 0 spiro atoms. The lowest BCUT2D eigenvalue weighted by Gasteiger charge is -2.17. The molecule has 1 fully saturated rings. The molecule has 2 unspecified atom stereocenters. The van der Waals surface area contributed by atoms with Gasteiger partial charge in [-0.3, -0.25) is 0 Å². The molecule has 0 aromatic carbocycles. The van der Waals surface area contributed by atoms with Crippen LogP contribution in [-0.2, 0) is 9.84 Å². The number of sulfone groups is 1. The molecule has 96 valence electrons. The van der Waals surface area contributed by atoms with E-state index >= 15 is 0 Å². The van der Waals surface area contributed by atoms with Crippen LogP contribution >= 0.6 is 0 Å². The van der Waals surface area contributed by atoms with E-state index in [1.165, 1.54) is 6.42 Å². The summed E-state index contributed by atoms with van der Waals surface area (Å²) in [6.07, 6.45) is 3.02. The van der Waals surface area contributed by atoms with E-state index in [1.54, 1.807) is 6.92 Å². The van der Waals surface area contributed by atoms with Gasteiger partial charge in [-0.25, -0.2) is 8.42 Å². The molecule has 3 nitrogen and oxygen atoms in total. The third-order valence-corrected chi connectivity index (χ3v) is 5.65. The molecule has 0 amide bonds. The fraction of sp³-hybridized carbons (Fsp3) is 1.00. The first-order valence-corrected chi connectivity index (χ1v) is 8.02. The van der Waals surface area contributed by atoms with Gasteiger partial charge in [0.25, 0.3) is 0 Å². The highest BCUT2D eigenvalue weighted by Gasteiger charge is 2.49. The Morgan fingerprint density at radius 1 is 1.44 bits per heavy atom. The minimum absolute atomic E-state index is 0.270. The fourth-order valence-corrected chi connectivity index (χ4v) is 3.30. The maximum Gasteiger partial charge on any atom is 0.150 e. The van der Waals surface area contributed by atoms with Crippen LogP contribution in [0.2, 0.25) is 0 Å². The van der Waals surface area contributed by atoms with Gasteiger partial charge in [0, 0.05) is 11.8 Å². The van der Waals surface area contributed by atoms with E-state index in [1.807, 2.05) is 7.05 Å². The van der Waals surface area contributed by atoms with E-state index < -0.39 is 9.84 Å². The summed E-state index contributed by atoms with van der Waals surface area (Å²) < 4.78 is 22.7. The van der Waals surface area contributed by atoms with Gasteiger partial charge < -0.3 is 5.32 Å². The van der Waals surface area contributed by atoms with Gasteiger partial charge >= 0.3 is 0 Å². The van der Waals surface area contributed by atoms with Crippen LogP contribution in [0.4, 0.5) is 0 Å². The van der Waals surface area contributed by atoms with E-state index in [0.717, 1.165) is 18.8 Å². The summed E-state index contributed by atoms with van der Waals surface area (Å²) in [6.45, 7) is 6.28. The van der Waals surface area contributed by atoms with E-state index in [4.69, 9.17) is 0 Å². The Hall–Kier alpha value is -0.0900. The molecule has 0 saturated heterocycles. The Balaban J connectivity index is 2.31. The van der Waals surface area contributed by atoms with Gasteiger partial charge in [-0.2, -0.15) is 0 Å². The topological polar surface area (TPSA) is 46.2 Å². The average Bonchev–Trinajstić information content (AvgIpc) is 2.82. The zero-order valence-electron chi connectivity index (χ0n) is 10.9. The van der Waals surface area contributed by atoms with Crippen molar-refractivity contribution in [3.05, 3.63) is 0 Å². The molecule has 1 aliphatic rings. The van der Waals surface area contributed by atoms with Crippen LogP contribution in [0, 0.1) is 11.3 Å². The van der Waals surface area contributed by atoms with Gasteiger partial charge in [0.2, 0.25) is 0 Å². The lowest BCUT2D eigenvalue weighted by Crippen LogP contribution is -2.29. The number of rotatable bonds is 7. The summed E-state index contributed by atoms with van der Waals surface area (Å²) >= 11 is 0. The molecule has 1 N–H and O–H groups in total. The molecule has 1 saturated carbocycles. The molecule has 4 heteroatoms. The summed E-state index contributed by atoms with van der Waals surface area (Å²) in [6, 6.07) is 0.488. The average molecular weight is 247 g/mol. The van der Waals surface area contributed by atoms with Crippen LogP contribution in [0.25, 0.3) is 0 Å². The van der Waals surface area contributed by atoms with Crippen molar-refractivity contribution in [1.82, 2.24) is 5.32 Å². The second kappa shape index (κ2) is 5.05. The predicted molar refractivity (Wildman–Crippen MR) is 68.3 cm³/mol. The van der Waals surface area contributed by atoms with Crippen LogP contribution in [0.1, 0.15) is 40.0 Å². The Bertz CT molecular complexity index is 322. The van der Waals surface area contributed by atoms with Crippen molar-refractivity contribution in [2.45, 2.75) is 46.1 Å². The Kier molecular flexibility index (Phi) is 4.41. The third-order valence-electron chi connectivity index (χ3n) is 3.86. The fourth-order valence-electron chi connectivity index (χ4n) is 2.41. The minimum atomic E-state index is -2.79. The normalized spacial score (nSPS) is 25.4. The van der Waals surface area contributed by atoms with E-state index in [9.17, 15) is 8.42 Å². The maximum absolute atomic E-state index is 11.4. The highest BCUT2D eigenvalue weighted by Crippen LogP contribution is 2.54. The Morgan fingerprint density at radius 2 is 2.00 bits per heavy atom. The third kappa shape index (κ3) is 3.74. The molecule has 0 aromatic heterocycles. The summed E-state index contributed by atoms with van der Waals surface area (Å²) in [7, 11) is -0.806. The molecule has 0 radical (unpaired) electrons. The van der Waals surface area contributed by atoms with Crippen LogP contribution in [0.5, 0.6) is 0 Å². The second-order valence-corrected chi connectivity index (χ2v) is 8.05. The van der Waals surface area contributed by atoms with Crippen LogP contribution in [-0.4, -0.2) is 33.0 Å². The molecule has 1 aliphatic carbocycles. The smallest absolute Gasteiger partial charge is 0.150 e. The van der Waals surface area contributed by atoms with Crippen LogP contribution in [0.15, 0.2) is 0 Å². The van der Waals surface area contributed by atoms with E-state index in [2.05, 4.69) is 19.2 Å². The SMILES string of the molecule is CCS(=O)(=O)CCCC(NC)C1CC1(C)C. The number of hydrogen-bond acceptors (Lipinski definition) is 3. The standard InChI is InChI=1S/C12H25NO2S/c1-5-16(14,15)8-6-7-11(13-4)10-9-12(10,2)3/h10-11,13H,5-9H2,1-4H3. The quantitative estimate of drug-likeness (QED) is 0.746. The summed E-state index contributed by atoms with van der Waals surface area (Å²) in [5.74, 6) is 1.34. The van der Waals surface area contributed by atoms with Gasteiger partial charge in [-0.1, -0.05) is 20.8 Å². The minimum Gasteiger partial charge on any atom is -0.317 e. The highest BCUT2D eigenvalue weighted by molar-refractivity contribution is 7.91. The Morgan fingerprint density at radius 3 is 2.38 bits per heavy atom.